The van der Waals surface area contributed by atoms with Gasteiger partial charge in [0.15, 0.2) is 5.78 Å². The molecule has 0 fully saturated rings. The minimum absolute atomic E-state index is 0.0281. The average molecular weight is 380 g/mol. The first-order valence-electron chi connectivity index (χ1n) is 9.37. The van der Waals surface area contributed by atoms with Crippen LogP contribution < -0.4 is 4.90 Å². The van der Waals surface area contributed by atoms with Crippen molar-refractivity contribution < 1.29 is 9.59 Å². The van der Waals surface area contributed by atoms with Gasteiger partial charge >= 0.3 is 0 Å². The largest absolute Gasteiger partial charge is 0.294 e. The molecule has 0 saturated heterocycles. The number of rotatable bonds is 2. The van der Waals surface area contributed by atoms with Crippen molar-refractivity contribution in [2.75, 3.05) is 4.90 Å². The highest BCUT2D eigenvalue weighted by atomic mass is 35.5. The van der Waals surface area contributed by atoms with E-state index in [4.69, 9.17) is 11.6 Å². The summed E-state index contributed by atoms with van der Waals surface area (Å²) in [4.78, 5) is 27.9. The summed E-state index contributed by atoms with van der Waals surface area (Å²) < 4.78 is 0. The first kappa shape index (κ1) is 18.0. The van der Waals surface area contributed by atoms with Crippen LogP contribution in [0.15, 0.2) is 53.7 Å². The molecule has 0 radical (unpaired) electrons. The molecular weight excluding hydrogens is 358 g/mol. The van der Waals surface area contributed by atoms with Gasteiger partial charge in [-0.05, 0) is 49.9 Å². The number of benzene rings is 2. The minimum atomic E-state index is -0.157. The lowest BCUT2D eigenvalue weighted by molar-refractivity contribution is -0.119. The molecule has 0 aromatic heterocycles. The molecule has 1 unspecified atom stereocenters. The van der Waals surface area contributed by atoms with E-state index in [1.807, 2.05) is 50.2 Å². The Kier molecular flexibility index (Phi) is 4.65. The molecule has 2 aromatic rings. The summed E-state index contributed by atoms with van der Waals surface area (Å²) in [6, 6.07) is 13.7. The van der Waals surface area contributed by atoms with E-state index in [1.165, 1.54) is 0 Å². The van der Waals surface area contributed by atoms with Crippen molar-refractivity contribution in [1.29, 1.82) is 0 Å². The lowest BCUT2D eigenvalue weighted by atomic mass is 9.77. The first-order valence-corrected chi connectivity index (χ1v) is 9.75. The molecule has 0 bridgehead atoms. The molecule has 27 heavy (non-hydrogen) atoms. The fourth-order valence-corrected chi connectivity index (χ4v) is 4.43. The highest BCUT2D eigenvalue weighted by molar-refractivity contribution is 6.31. The van der Waals surface area contributed by atoms with E-state index >= 15 is 0 Å². The number of halogens is 1. The third-order valence-corrected chi connectivity index (χ3v) is 5.77. The topological polar surface area (TPSA) is 37.4 Å². The summed E-state index contributed by atoms with van der Waals surface area (Å²) in [5.74, 6) is 0.0381. The predicted octanol–water partition coefficient (Wildman–Crippen LogP) is 5.48. The number of hydrogen-bond acceptors (Lipinski definition) is 2. The maximum absolute atomic E-state index is 13.2. The summed E-state index contributed by atoms with van der Waals surface area (Å²) in [5.41, 5.74) is 5.63. The molecule has 1 aliphatic heterocycles. The van der Waals surface area contributed by atoms with Crippen LogP contribution in [0.2, 0.25) is 5.02 Å². The van der Waals surface area contributed by atoms with E-state index in [-0.39, 0.29) is 17.6 Å². The standard InChI is InChI=1S/C23H22ClNO2/c1-14-5-3-6-16(11-14)18-13-22(27)25(19-7-4-8-21(26)23(18)19)20-12-17(24)10-9-15(20)2/h3,5-6,9-12,18H,4,7-8,13H2,1-2H3. The summed E-state index contributed by atoms with van der Waals surface area (Å²) in [7, 11) is 0. The van der Waals surface area contributed by atoms with Crippen molar-refractivity contribution in [2.45, 2.75) is 45.4 Å². The van der Waals surface area contributed by atoms with Crippen molar-refractivity contribution in [3.8, 4) is 0 Å². The van der Waals surface area contributed by atoms with Crippen molar-refractivity contribution in [2.24, 2.45) is 0 Å². The minimum Gasteiger partial charge on any atom is -0.294 e. The van der Waals surface area contributed by atoms with Crippen LogP contribution in [0.3, 0.4) is 0 Å². The van der Waals surface area contributed by atoms with E-state index in [2.05, 4.69) is 6.07 Å². The molecule has 0 spiro atoms. The predicted molar refractivity (Wildman–Crippen MR) is 108 cm³/mol. The van der Waals surface area contributed by atoms with Gasteiger partial charge in [-0.3, -0.25) is 14.5 Å². The Hall–Kier alpha value is -2.39. The molecule has 2 aliphatic rings. The van der Waals surface area contributed by atoms with Crippen molar-refractivity contribution in [3.63, 3.8) is 0 Å². The van der Waals surface area contributed by atoms with Crippen LogP contribution >= 0.6 is 11.6 Å². The number of Topliss-reactive ketones (excluding diaryl/α,β-unsaturated/α-hetero) is 1. The van der Waals surface area contributed by atoms with Crippen LogP contribution in [0, 0.1) is 13.8 Å². The van der Waals surface area contributed by atoms with Crippen LogP contribution in [0.4, 0.5) is 5.69 Å². The molecule has 2 aromatic carbocycles. The lowest BCUT2D eigenvalue weighted by Crippen LogP contribution is -2.40. The van der Waals surface area contributed by atoms with Gasteiger partial charge in [-0.25, -0.2) is 0 Å². The average Bonchev–Trinajstić information content (AvgIpc) is 2.63. The quantitative estimate of drug-likeness (QED) is 0.692. The molecule has 4 heteroatoms. The maximum Gasteiger partial charge on any atom is 0.232 e. The smallest absolute Gasteiger partial charge is 0.232 e. The Bertz CT molecular complexity index is 976. The summed E-state index contributed by atoms with van der Waals surface area (Å²) in [6.45, 7) is 4.00. The lowest BCUT2D eigenvalue weighted by Gasteiger charge is -2.39. The summed E-state index contributed by atoms with van der Waals surface area (Å²) >= 11 is 6.21. The third kappa shape index (κ3) is 3.21. The monoisotopic (exact) mass is 379 g/mol. The molecule has 3 nitrogen and oxygen atoms in total. The van der Waals surface area contributed by atoms with Gasteiger partial charge in [0.05, 0.1) is 5.69 Å². The zero-order valence-electron chi connectivity index (χ0n) is 15.6. The highest BCUT2D eigenvalue weighted by Crippen LogP contribution is 2.44. The Morgan fingerprint density at radius 2 is 1.85 bits per heavy atom. The van der Waals surface area contributed by atoms with E-state index in [0.717, 1.165) is 46.5 Å². The number of aryl methyl sites for hydroxylation is 2. The maximum atomic E-state index is 13.2. The van der Waals surface area contributed by atoms with E-state index in [9.17, 15) is 9.59 Å². The molecule has 1 heterocycles. The SMILES string of the molecule is Cc1cccc(C2CC(=O)N(c3cc(Cl)ccc3C)C3=C2C(=O)CCC3)c1. The van der Waals surface area contributed by atoms with Crippen LogP contribution in [0.5, 0.6) is 0 Å². The number of amides is 1. The van der Waals surface area contributed by atoms with Crippen LogP contribution in [-0.4, -0.2) is 11.7 Å². The Labute approximate surface area is 164 Å². The van der Waals surface area contributed by atoms with Crippen molar-refractivity contribution >= 4 is 29.0 Å². The number of carbonyl (C=O) groups is 2. The Morgan fingerprint density at radius 3 is 2.63 bits per heavy atom. The number of ketones is 1. The van der Waals surface area contributed by atoms with Gasteiger partial charge in [0.1, 0.15) is 0 Å². The highest BCUT2D eigenvalue weighted by Gasteiger charge is 2.40. The molecule has 0 N–H and O–H groups in total. The normalized spacial score (nSPS) is 20.1. The molecule has 4 rings (SSSR count). The van der Waals surface area contributed by atoms with Gasteiger partial charge < -0.3 is 0 Å². The number of nitrogens with zero attached hydrogens (tertiary/aromatic N) is 1. The number of carbonyl (C=O) groups excluding carboxylic acids is 2. The van der Waals surface area contributed by atoms with Gasteiger partial charge in [0.25, 0.3) is 0 Å². The molecular formula is C23H22ClNO2. The molecule has 1 aliphatic carbocycles. The van der Waals surface area contributed by atoms with Gasteiger partial charge in [-0.1, -0.05) is 47.5 Å². The molecule has 1 atom stereocenters. The number of anilines is 1. The summed E-state index contributed by atoms with van der Waals surface area (Å²) in [6.07, 6.45) is 2.38. The van der Waals surface area contributed by atoms with E-state index in [0.29, 0.717) is 17.9 Å². The van der Waals surface area contributed by atoms with Gasteiger partial charge in [0.2, 0.25) is 5.91 Å². The second kappa shape index (κ2) is 6.97. The van der Waals surface area contributed by atoms with Crippen molar-refractivity contribution in [3.05, 3.63) is 75.4 Å². The van der Waals surface area contributed by atoms with E-state index < -0.39 is 0 Å². The zero-order chi connectivity index (χ0) is 19.1. The number of hydrogen-bond donors (Lipinski definition) is 0. The van der Waals surface area contributed by atoms with E-state index in [1.54, 1.807) is 4.90 Å². The summed E-state index contributed by atoms with van der Waals surface area (Å²) in [5, 5.41) is 0.591. The first-order chi connectivity index (χ1) is 13.0. The second-order valence-electron chi connectivity index (χ2n) is 7.47. The van der Waals surface area contributed by atoms with Gasteiger partial charge in [-0.15, -0.1) is 0 Å². The van der Waals surface area contributed by atoms with Crippen LogP contribution in [0.1, 0.15) is 48.3 Å². The van der Waals surface area contributed by atoms with Crippen LogP contribution in [-0.2, 0) is 9.59 Å². The number of allylic oxidation sites excluding steroid dienone is 2. The zero-order valence-corrected chi connectivity index (χ0v) is 16.3. The fraction of sp³-hybridized carbons (Fsp3) is 0.304. The van der Waals surface area contributed by atoms with Gasteiger partial charge in [-0.2, -0.15) is 0 Å². The molecule has 1 amide bonds. The third-order valence-electron chi connectivity index (χ3n) is 5.53. The van der Waals surface area contributed by atoms with Crippen LogP contribution in [0.25, 0.3) is 0 Å². The Morgan fingerprint density at radius 1 is 1.04 bits per heavy atom. The fourth-order valence-electron chi connectivity index (χ4n) is 4.27. The molecule has 138 valence electrons. The molecule has 0 saturated carbocycles. The Balaban J connectivity index is 1.90. The van der Waals surface area contributed by atoms with Gasteiger partial charge in [0, 0.05) is 35.1 Å². The second-order valence-corrected chi connectivity index (χ2v) is 7.90. The van der Waals surface area contributed by atoms with Crippen molar-refractivity contribution in [1.82, 2.24) is 0 Å².